The summed E-state index contributed by atoms with van der Waals surface area (Å²) < 4.78 is 5.37. The van der Waals surface area contributed by atoms with Gasteiger partial charge in [0, 0.05) is 6.42 Å². The molecule has 2 aromatic carbocycles. The van der Waals surface area contributed by atoms with Gasteiger partial charge in [-0.2, -0.15) is 0 Å². The molecular weight excluding hydrogens is 238 g/mol. The summed E-state index contributed by atoms with van der Waals surface area (Å²) in [6.45, 7) is 0. The van der Waals surface area contributed by atoms with E-state index in [9.17, 15) is 4.79 Å². The molecule has 3 heteroatoms. The van der Waals surface area contributed by atoms with Gasteiger partial charge in [-0.15, -0.1) is 0 Å². The number of amides is 1. The first kappa shape index (κ1) is 11.8. The molecule has 2 atom stereocenters. The molecule has 1 aliphatic rings. The lowest BCUT2D eigenvalue weighted by Crippen LogP contribution is -2.36. The monoisotopic (exact) mass is 253 g/mol. The van der Waals surface area contributed by atoms with Crippen molar-refractivity contribution in [1.82, 2.24) is 5.32 Å². The second-order valence-electron chi connectivity index (χ2n) is 4.65. The summed E-state index contributed by atoms with van der Waals surface area (Å²) in [6.07, 6.45) is 0.217. The third kappa shape index (κ3) is 2.60. The summed E-state index contributed by atoms with van der Waals surface area (Å²) in [5.41, 5.74) is 2.15. The quantitative estimate of drug-likeness (QED) is 0.888. The van der Waals surface area contributed by atoms with Crippen molar-refractivity contribution in [2.45, 2.75) is 18.6 Å². The van der Waals surface area contributed by atoms with Gasteiger partial charge in [0.2, 0.25) is 0 Å². The van der Waals surface area contributed by atoms with Crippen molar-refractivity contribution >= 4 is 6.09 Å². The fraction of sp³-hybridized carbons (Fsp3) is 0.188. The summed E-state index contributed by atoms with van der Waals surface area (Å²) in [5.74, 6) is 0. The summed E-state index contributed by atoms with van der Waals surface area (Å²) in [4.78, 5) is 11.7. The zero-order chi connectivity index (χ0) is 13.1. The van der Waals surface area contributed by atoms with Gasteiger partial charge in [0.1, 0.15) is 6.10 Å². The van der Waals surface area contributed by atoms with E-state index < -0.39 is 0 Å². The highest BCUT2D eigenvalue weighted by Gasteiger charge is 2.29. The molecule has 0 bridgehead atoms. The van der Waals surface area contributed by atoms with Crippen LogP contribution in [0.1, 0.15) is 29.7 Å². The average Bonchev–Trinajstić information content (AvgIpc) is 2.48. The van der Waals surface area contributed by atoms with Crippen LogP contribution in [0.5, 0.6) is 0 Å². The van der Waals surface area contributed by atoms with Crippen LogP contribution in [-0.4, -0.2) is 6.09 Å². The predicted octanol–water partition coefficient (Wildman–Crippen LogP) is 3.60. The number of rotatable bonds is 2. The van der Waals surface area contributed by atoms with Crippen LogP contribution in [0.15, 0.2) is 60.7 Å². The lowest BCUT2D eigenvalue weighted by molar-refractivity contribution is 0.0581. The molecule has 0 spiro atoms. The number of alkyl carbamates (subject to hydrolysis) is 1. The van der Waals surface area contributed by atoms with E-state index in [4.69, 9.17) is 4.74 Å². The first-order valence-electron chi connectivity index (χ1n) is 6.40. The molecule has 3 rings (SSSR count). The lowest BCUT2D eigenvalue weighted by atomic mass is 9.95. The van der Waals surface area contributed by atoms with Gasteiger partial charge in [0.05, 0.1) is 6.04 Å². The highest BCUT2D eigenvalue weighted by molar-refractivity contribution is 5.69. The molecule has 3 nitrogen and oxygen atoms in total. The highest BCUT2D eigenvalue weighted by Crippen LogP contribution is 2.32. The Bertz CT molecular complexity index is 504. The molecule has 1 saturated heterocycles. The van der Waals surface area contributed by atoms with E-state index in [1.54, 1.807) is 0 Å². The van der Waals surface area contributed by atoms with E-state index in [-0.39, 0.29) is 18.2 Å². The molecule has 2 aromatic rings. The Hall–Kier alpha value is -2.29. The molecule has 1 fully saturated rings. The van der Waals surface area contributed by atoms with E-state index in [1.165, 1.54) is 0 Å². The van der Waals surface area contributed by atoms with Crippen LogP contribution in [0.4, 0.5) is 4.79 Å². The minimum atomic E-state index is -0.353. The SMILES string of the molecule is O=C1N[C@H](c2ccccc2)C[C@H](c2ccccc2)O1. The van der Waals surface area contributed by atoms with Gasteiger partial charge < -0.3 is 10.1 Å². The number of ether oxygens (including phenoxy) is 1. The van der Waals surface area contributed by atoms with Crippen LogP contribution >= 0.6 is 0 Å². The Kier molecular flexibility index (Phi) is 3.19. The second kappa shape index (κ2) is 5.14. The number of benzene rings is 2. The fourth-order valence-corrected chi connectivity index (χ4v) is 2.40. The zero-order valence-electron chi connectivity index (χ0n) is 10.5. The van der Waals surface area contributed by atoms with Gasteiger partial charge in [-0.1, -0.05) is 60.7 Å². The fourth-order valence-electron chi connectivity index (χ4n) is 2.40. The van der Waals surface area contributed by atoms with E-state index >= 15 is 0 Å². The number of hydrogen-bond acceptors (Lipinski definition) is 2. The largest absolute Gasteiger partial charge is 0.441 e. The Morgan fingerprint density at radius 1 is 0.895 bits per heavy atom. The molecule has 96 valence electrons. The van der Waals surface area contributed by atoms with Gasteiger partial charge in [0.25, 0.3) is 0 Å². The molecule has 0 aromatic heterocycles. The Morgan fingerprint density at radius 3 is 2.11 bits per heavy atom. The van der Waals surface area contributed by atoms with Crippen molar-refractivity contribution in [3.63, 3.8) is 0 Å². The third-order valence-electron chi connectivity index (χ3n) is 3.36. The number of nitrogens with one attached hydrogen (secondary N) is 1. The molecule has 1 amide bonds. The zero-order valence-corrected chi connectivity index (χ0v) is 10.5. The normalized spacial score (nSPS) is 22.4. The van der Waals surface area contributed by atoms with Crippen molar-refractivity contribution in [3.05, 3.63) is 71.8 Å². The van der Waals surface area contributed by atoms with Gasteiger partial charge in [-0.05, 0) is 11.1 Å². The standard InChI is InChI=1S/C16H15NO2/c18-16-17-14(12-7-3-1-4-8-12)11-15(19-16)13-9-5-2-6-10-13/h1-10,14-15H,11H2,(H,17,18)/t14-,15+/m0/s1. The van der Waals surface area contributed by atoms with Crippen molar-refractivity contribution in [3.8, 4) is 0 Å². The summed E-state index contributed by atoms with van der Waals surface area (Å²) in [5, 5.41) is 2.87. The van der Waals surface area contributed by atoms with Crippen molar-refractivity contribution in [1.29, 1.82) is 0 Å². The molecule has 0 aliphatic carbocycles. The second-order valence-corrected chi connectivity index (χ2v) is 4.65. The van der Waals surface area contributed by atoms with Gasteiger partial charge in [-0.25, -0.2) is 4.79 Å². The van der Waals surface area contributed by atoms with Crippen LogP contribution in [-0.2, 0) is 4.74 Å². The molecule has 19 heavy (non-hydrogen) atoms. The van der Waals surface area contributed by atoms with Crippen LogP contribution in [0.2, 0.25) is 0 Å². The molecule has 1 heterocycles. The molecule has 0 saturated carbocycles. The van der Waals surface area contributed by atoms with E-state index in [1.807, 2.05) is 60.7 Å². The third-order valence-corrected chi connectivity index (χ3v) is 3.36. The number of hydrogen-bond donors (Lipinski definition) is 1. The summed E-state index contributed by atoms with van der Waals surface area (Å²) >= 11 is 0. The maximum Gasteiger partial charge on any atom is 0.408 e. The van der Waals surface area contributed by atoms with Crippen molar-refractivity contribution in [2.24, 2.45) is 0 Å². The maximum absolute atomic E-state index is 11.7. The molecule has 1 aliphatic heterocycles. The van der Waals surface area contributed by atoms with Crippen LogP contribution < -0.4 is 5.32 Å². The summed E-state index contributed by atoms with van der Waals surface area (Å²) in [7, 11) is 0. The molecule has 0 radical (unpaired) electrons. The van der Waals surface area contributed by atoms with Crippen molar-refractivity contribution < 1.29 is 9.53 Å². The highest BCUT2D eigenvalue weighted by atomic mass is 16.6. The van der Waals surface area contributed by atoms with Gasteiger partial charge in [-0.3, -0.25) is 0 Å². The van der Waals surface area contributed by atoms with Gasteiger partial charge >= 0.3 is 6.09 Å². The molecule has 1 N–H and O–H groups in total. The first-order valence-corrected chi connectivity index (χ1v) is 6.40. The van der Waals surface area contributed by atoms with Crippen molar-refractivity contribution in [2.75, 3.05) is 0 Å². The maximum atomic E-state index is 11.7. The Morgan fingerprint density at radius 2 is 1.47 bits per heavy atom. The number of cyclic esters (lactones) is 1. The average molecular weight is 253 g/mol. The predicted molar refractivity (Wildman–Crippen MR) is 72.6 cm³/mol. The van der Waals surface area contributed by atoms with E-state index in [2.05, 4.69) is 5.32 Å². The van der Waals surface area contributed by atoms with Crippen LogP contribution in [0.25, 0.3) is 0 Å². The lowest BCUT2D eigenvalue weighted by Gasteiger charge is -2.30. The van der Waals surface area contributed by atoms with Crippen LogP contribution in [0.3, 0.4) is 0 Å². The minimum Gasteiger partial charge on any atom is -0.441 e. The first-order chi connectivity index (χ1) is 9.33. The van der Waals surface area contributed by atoms with E-state index in [0.29, 0.717) is 0 Å². The number of carbonyl (C=O) groups excluding carboxylic acids is 1. The molecular formula is C16H15NO2. The Balaban J connectivity index is 1.84. The van der Waals surface area contributed by atoms with Crippen LogP contribution in [0, 0.1) is 0 Å². The topological polar surface area (TPSA) is 38.3 Å². The van der Waals surface area contributed by atoms with Gasteiger partial charge in [0.15, 0.2) is 0 Å². The minimum absolute atomic E-state index is 0.00709. The molecule has 0 unspecified atom stereocenters. The van der Waals surface area contributed by atoms with E-state index in [0.717, 1.165) is 17.5 Å². The summed E-state index contributed by atoms with van der Waals surface area (Å²) in [6, 6.07) is 19.9. The number of carbonyl (C=O) groups is 1. The Labute approximate surface area is 112 Å². The smallest absolute Gasteiger partial charge is 0.408 e.